The van der Waals surface area contributed by atoms with Crippen molar-refractivity contribution in [3.05, 3.63) is 73.0 Å². The molecule has 0 atom stereocenters. The van der Waals surface area contributed by atoms with Crippen molar-refractivity contribution in [3.63, 3.8) is 0 Å². The first-order valence-electron chi connectivity index (χ1n) is 6.89. The Kier molecular flexibility index (Phi) is 5.35. The van der Waals surface area contributed by atoms with E-state index in [-0.39, 0.29) is 17.7 Å². The number of hydrogen-bond acceptors (Lipinski definition) is 3. The van der Waals surface area contributed by atoms with Crippen molar-refractivity contribution in [3.8, 4) is 0 Å². The third kappa shape index (κ3) is 3.70. The van der Waals surface area contributed by atoms with Crippen molar-refractivity contribution in [2.75, 3.05) is 0 Å². The van der Waals surface area contributed by atoms with Crippen LogP contribution in [-0.4, -0.2) is 16.0 Å². The van der Waals surface area contributed by atoms with E-state index < -0.39 is 0 Å². The largest absolute Gasteiger partial charge is 0.293 e. The van der Waals surface area contributed by atoms with Gasteiger partial charge in [-0.05, 0) is 47.7 Å². The predicted octanol–water partition coefficient (Wildman–Crippen LogP) is 5.99. The fourth-order valence-corrected chi connectivity index (χ4v) is 4.01. The summed E-state index contributed by atoms with van der Waals surface area (Å²) in [6.07, 6.45) is 1.57. The van der Waals surface area contributed by atoms with Gasteiger partial charge in [0.05, 0.1) is 11.4 Å². The lowest BCUT2D eigenvalue weighted by atomic mass is 10.2. The normalized spacial score (nSPS) is 16.3. The standard InChI is InChI=1S/C17H10BrCl2NO2S/c18-11-4-1-3-10(7-11)9-21-16(22)15(24-17(21)23)8-12-13(19)5-2-6-14(12)20/h1-8H,9H2/b15-8+. The first-order chi connectivity index (χ1) is 11.5. The molecule has 2 amide bonds. The molecule has 1 aliphatic heterocycles. The van der Waals surface area contributed by atoms with E-state index in [0.717, 1.165) is 21.8 Å². The van der Waals surface area contributed by atoms with Crippen LogP contribution >= 0.6 is 50.9 Å². The molecule has 2 aromatic rings. The summed E-state index contributed by atoms with van der Waals surface area (Å²) in [5.74, 6) is -0.346. The minimum absolute atomic E-state index is 0.220. The van der Waals surface area contributed by atoms with Crippen LogP contribution in [-0.2, 0) is 11.3 Å². The molecule has 0 spiro atoms. The lowest BCUT2D eigenvalue weighted by Crippen LogP contribution is -2.27. The van der Waals surface area contributed by atoms with Crippen LogP contribution in [0.5, 0.6) is 0 Å². The van der Waals surface area contributed by atoms with Gasteiger partial charge in [-0.2, -0.15) is 0 Å². The van der Waals surface area contributed by atoms with Gasteiger partial charge in [-0.15, -0.1) is 0 Å². The van der Waals surface area contributed by atoms with E-state index in [1.165, 1.54) is 4.90 Å². The van der Waals surface area contributed by atoms with E-state index in [4.69, 9.17) is 23.2 Å². The molecule has 1 saturated heterocycles. The van der Waals surface area contributed by atoms with Gasteiger partial charge in [0.15, 0.2) is 0 Å². The van der Waals surface area contributed by atoms with Gasteiger partial charge in [-0.3, -0.25) is 14.5 Å². The van der Waals surface area contributed by atoms with Crippen LogP contribution in [0.15, 0.2) is 51.8 Å². The maximum Gasteiger partial charge on any atom is 0.293 e. The second kappa shape index (κ2) is 7.31. The molecule has 1 heterocycles. The number of amides is 2. The third-order valence-electron chi connectivity index (χ3n) is 3.38. The summed E-state index contributed by atoms with van der Waals surface area (Å²) in [5, 5.41) is 0.553. The zero-order valence-corrected chi connectivity index (χ0v) is 16.0. The van der Waals surface area contributed by atoms with Crippen molar-refractivity contribution >= 4 is 68.1 Å². The van der Waals surface area contributed by atoms with Gasteiger partial charge >= 0.3 is 0 Å². The molecule has 2 aromatic carbocycles. The van der Waals surface area contributed by atoms with E-state index in [1.807, 2.05) is 24.3 Å². The zero-order valence-electron chi connectivity index (χ0n) is 12.1. The lowest BCUT2D eigenvalue weighted by molar-refractivity contribution is -0.123. The average molecular weight is 443 g/mol. The Morgan fingerprint density at radius 1 is 1.08 bits per heavy atom. The monoisotopic (exact) mass is 441 g/mol. The highest BCUT2D eigenvalue weighted by molar-refractivity contribution is 9.10. The fraction of sp³-hybridized carbons (Fsp3) is 0.0588. The van der Waals surface area contributed by atoms with Gasteiger partial charge < -0.3 is 0 Å². The molecule has 1 fully saturated rings. The molecule has 3 nitrogen and oxygen atoms in total. The predicted molar refractivity (Wildman–Crippen MR) is 102 cm³/mol. The molecule has 122 valence electrons. The van der Waals surface area contributed by atoms with Crippen molar-refractivity contribution in [2.24, 2.45) is 0 Å². The molecule has 0 N–H and O–H groups in total. The average Bonchev–Trinajstić information content (AvgIpc) is 2.79. The topological polar surface area (TPSA) is 37.4 Å². The Morgan fingerprint density at radius 3 is 2.42 bits per heavy atom. The summed E-state index contributed by atoms with van der Waals surface area (Å²) in [6.45, 7) is 0.220. The Labute approximate surface area is 161 Å². The molecule has 0 aliphatic carbocycles. The molecule has 1 aliphatic rings. The zero-order chi connectivity index (χ0) is 17.3. The maximum atomic E-state index is 12.6. The van der Waals surface area contributed by atoms with Crippen molar-refractivity contribution in [1.29, 1.82) is 0 Å². The Morgan fingerprint density at radius 2 is 1.75 bits per heavy atom. The van der Waals surface area contributed by atoms with E-state index in [1.54, 1.807) is 24.3 Å². The van der Waals surface area contributed by atoms with E-state index in [9.17, 15) is 9.59 Å². The summed E-state index contributed by atoms with van der Waals surface area (Å²) in [7, 11) is 0. The lowest BCUT2D eigenvalue weighted by Gasteiger charge is -2.12. The summed E-state index contributed by atoms with van der Waals surface area (Å²) in [6, 6.07) is 12.6. The Bertz CT molecular complexity index is 849. The van der Waals surface area contributed by atoms with E-state index in [0.29, 0.717) is 20.5 Å². The number of carbonyl (C=O) groups is 2. The molecule has 0 radical (unpaired) electrons. The molecular weight excluding hydrogens is 433 g/mol. The van der Waals surface area contributed by atoms with Crippen LogP contribution in [0.4, 0.5) is 4.79 Å². The van der Waals surface area contributed by atoms with E-state index in [2.05, 4.69) is 15.9 Å². The summed E-state index contributed by atoms with van der Waals surface area (Å²) < 4.78 is 0.894. The highest BCUT2D eigenvalue weighted by Crippen LogP contribution is 2.36. The van der Waals surface area contributed by atoms with Crippen LogP contribution in [0.25, 0.3) is 6.08 Å². The van der Waals surface area contributed by atoms with Crippen LogP contribution < -0.4 is 0 Å². The molecule has 7 heteroatoms. The van der Waals surface area contributed by atoms with Crippen LogP contribution in [0.3, 0.4) is 0 Å². The molecule has 0 bridgehead atoms. The Balaban J connectivity index is 1.88. The molecule has 3 rings (SSSR count). The Hall–Kier alpha value is -1.27. The van der Waals surface area contributed by atoms with Gasteiger partial charge in [-0.1, -0.05) is 57.3 Å². The number of rotatable bonds is 3. The maximum absolute atomic E-state index is 12.6. The number of benzene rings is 2. The summed E-state index contributed by atoms with van der Waals surface area (Å²) in [4.78, 5) is 26.3. The van der Waals surface area contributed by atoms with Gasteiger partial charge in [0, 0.05) is 20.1 Å². The summed E-state index contributed by atoms with van der Waals surface area (Å²) >= 11 is 16.5. The number of carbonyl (C=O) groups excluding carboxylic acids is 2. The highest BCUT2D eigenvalue weighted by atomic mass is 79.9. The van der Waals surface area contributed by atoms with Crippen molar-refractivity contribution < 1.29 is 9.59 Å². The number of imide groups is 1. The number of hydrogen-bond donors (Lipinski definition) is 0. The molecular formula is C17H10BrCl2NO2S. The van der Waals surface area contributed by atoms with Crippen LogP contribution in [0.1, 0.15) is 11.1 Å². The van der Waals surface area contributed by atoms with Gasteiger partial charge in [0.25, 0.3) is 11.1 Å². The summed E-state index contributed by atoms with van der Waals surface area (Å²) in [5.41, 5.74) is 1.40. The van der Waals surface area contributed by atoms with Crippen LogP contribution in [0, 0.1) is 0 Å². The van der Waals surface area contributed by atoms with Gasteiger partial charge in [0.1, 0.15) is 0 Å². The third-order valence-corrected chi connectivity index (χ3v) is 5.44. The fourth-order valence-electron chi connectivity index (χ4n) is 2.23. The van der Waals surface area contributed by atoms with E-state index >= 15 is 0 Å². The first kappa shape index (κ1) is 17.5. The smallest absolute Gasteiger partial charge is 0.268 e. The van der Waals surface area contributed by atoms with Gasteiger partial charge in [0.2, 0.25) is 0 Å². The highest BCUT2D eigenvalue weighted by Gasteiger charge is 2.35. The minimum atomic E-state index is -0.346. The van der Waals surface area contributed by atoms with Crippen LogP contribution in [0.2, 0.25) is 10.0 Å². The second-order valence-electron chi connectivity index (χ2n) is 5.03. The number of nitrogens with zero attached hydrogens (tertiary/aromatic N) is 1. The van der Waals surface area contributed by atoms with Crippen molar-refractivity contribution in [1.82, 2.24) is 4.90 Å². The first-order valence-corrected chi connectivity index (χ1v) is 9.26. The minimum Gasteiger partial charge on any atom is -0.268 e. The SMILES string of the molecule is O=C1S/C(=C/c2c(Cl)cccc2Cl)C(=O)N1Cc1cccc(Br)c1. The van der Waals surface area contributed by atoms with Crippen molar-refractivity contribution in [2.45, 2.75) is 6.54 Å². The quantitative estimate of drug-likeness (QED) is 0.547. The van der Waals surface area contributed by atoms with Gasteiger partial charge in [-0.25, -0.2) is 0 Å². The number of thioether (sulfide) groups is 1. The molecule has 0 unspecified atom stereocenters. The number of halogens is 3. The molecule has 24 heavy (non-hydrogen) atoms. The molecule has 0 saturated carbocycles. The molecule has 0 aromatic heterocycles. The second-order valence-corrected chi connectivity index (χ2v) is 7.76.